The molecule has 3 N–H and O–H groups in total. The molecular weight excluding hydrogens is 380 g/mol. The monoisotopic (exact) mass is 405 g/mol. The van der Waals surface area contributed by atoms with Gasteiger partial charge in [0.2, 0.25) is 5.91 Å². The van der Waals surface area contributed by atoms with E-state index in [-0.39, 0.29) is 49.0 Å². The van der Waals surface area contributed by atoms with Crippen LogP contribution in [-0.2, 0) is 9.59 Å². The van der Waals surface area contributed by atoms with E-state index in [1.807, 2.05) is 0 Å². The van der Waals surface area contributed by atoms with Gasteiger partial charge in [-0.1, -0.05) is 0 Å². The largest absolute Gasteiger partial charge is 0.481 e. The Labute approximate surface area is 163 Å². The van der Waals surface area contributed by atoms with Crippen molar-refractivity contribution < 1.29 is 23.1 Å². The summed E-state index contributed by atoms with van der Waals surface area (Å²) in [4.78, 5) is 26.0. The molecule has 2 unspecified atom stereocenters. The molecule has 1 saturated heterocycles. The third kappa shape index (κ3) is 6.62. The minimum absolute atomic E-state index is 0. The van der Waals surface area contributed by atoms with Gasteiger partial charge >= 0.3 is 0 Å². The van der Waals surface area contributed by atoms with Crippen molar-refractivity contribution in [2.24, 2.45) is 5.73 Å². The fourth-order valence-electron chi connectivity index (χ4n) is 2.99. The van der Waals surface area contributed by atoms with Crippen LogP contribution in [0.4, 0.5) is 8.78 Å². The maximum absolute atomic E-state index is 13.3. The minimum atomic E-state index is -1.03. The Hall–Kier alpha value is -1.93. The summed E-state index contributed by atoms with van der Waals surface area (Å²) >= 11 is 0. The lowest BCUT2D eigenvalue weighted by Gasteiger charge is -2.37. The number of hydrogen-bond acceptors (Lipinski definition) is 4. The number of nitrogens with zero attached hydrogens (tertiary/aromatic N) is 1. The molecular formula is C18H26ClF2N3O3. The summed E-state index contributed by atoms with van der Waals surface area (Å²) in [6.45, 7) is 2.78. The van der Waals surface area contributed by atoms with Crippen LogP contribution in [0.3, 0.4) is 0 Å². The molecule has 0 radical (unpaired) electrons. The van der Waals surface area contributed by atoms with Crippen molar-refractivity contribution in [2.75, 3.05) is 19.6 Å². The molecule has 0 aromatic heterocycles. The molecule has 0 spiro atoms. The molecule has 2 atom stereocenters. The first-order chi connectivity index (χ1) is 12.4. The van der Waals surface area contributed by atoms with Gasteiger partial charge in [-0.2, -0.15) is 0 Å². The third-order valence-corrected chi connectivity index (χ3v) is 4.37. The molecule has 1 aliphatic rings. The van der Waals surface area contributed by atoms with E-state index in [1.165, 1.54) is 6.07 Å². The fourth-order valence-corrected chi connectivity index (χ4v) is 2.99. The maximum atomic E-state index is 13.3. The lowest BCUT2D eigenvalue weighted by atomic mass is 10.0. The molecule has 1 heterocycles. The second-order valence-electron chi connectivity index (χ2n) is 6.36. The van der Waals surface area contributed by atoms with Crippen LogP contribution in [-0.4, -0.2) is 48.5 Å². The first-order valence-corrected chi connectivity index (χ1v) is 8.81. The summed E-state index contributed by atoms with van der Waals surface area (Å²) in [6, 6.07) is 3.04. The SMILES string of the molecule is CC(Oc1ccc(F)c(F)c1)C(=O)N1CCCCC1CNC(=O)CCN.Cl. The van der Waals surface area contributed by atoms with Gasteiger partial charge in [0.05, 0.1) is 0 Å². The van der Waals surface area contributed by atoms with Crippen LogP contribution in [0.1, 0.15) is 32.6 Å². The molecule has 152 valence electrons. The standard InChI is InChI=1S/C18H25F2N3O3.ClH/c1-12(26-14-5-6-15(19)16(20)10-14)18(25)23-9-3-2-4-13(23)11-22-17(24)7-8-21;/h5-6,10,12-13H,2-4,7-9,11,21H2,1H3,(H,22,24);1H. The predicted molar refractivity (Wildman–Crippen MR) is 99.7 cm³/mol. The molecule has 1 fully saturated rings. The van der Waals surface area contributed by atoms with Gasteiger partial charge < -0.3 is 20.7 Å². The number of halogens is 3. The lowest BCUT2D eigenvalue weighted by Crippen LogP contribution is -2.52. The number of amides is 2. The molecule has 0 aliphatic carbocycles. The molecule has 1 aromatic rings. The van der Waals surface area contributed by atoms with Crippen molar-refractivity contribution in [3.8, 4) is 5.75 Å². The number of benzene rings is 1. The highest BCUT2D eigenvalue weighted by Gasteiger charge is 2.30. The topological polar surface area (TPSA) is 84.7 Å². The summed E-state index contributed by atoms with van der Waals surface area (Å²) in [5, 5.41) is 2.80. The zero-order chi connectivity index (χ0) is 19.1. The van der Waals surface area contributed by atoms with Crippen molar-refractivity contribution in [3.05, 3.63) is 29.8 Å². The van der Waals surface area contributed by atoms with Gasteiger partial charge in [-0.15, -0.1) is 12.4 Å². The summed E-state index contributed by atoms with van der Waals surface area (Å²) in [5.74, 6) is -2.29. The van der Waals surface area contributed by atoms with Gasteiger partial charge in [0.15, 0.2) is 17.7 Å². The van der Waals surface area contributed by atoms with Crippen molar-refractivity contribution in [3.63, 3.8) is 0 Å². The van der Waals surface area contributed by atoms with Crippen molar-refractivity contribution in [2.45, 2.75) is 44.8 Å². The molecule has 2 rings (SSSR count). The normalized spacial score (nSPS) is 17.6. The Morgan fingerprint density at radius 3 is 2.74 bits per heavy atom. The summed E-state index contributed by atoms with van der Waals surface area (Å²) in [5.41, 5.74) is 5.35. The van der Waals surface area contributed by atoms with Crippen LogP contribution in [0, 0.1) is 11.6 Å². The van der Waals surface area contributed by atoms with Gasteiger partial charge in [-0.3, -0.25) is 9.59 Å². The Kier molecular flexibility index (Phi) is 9.45. The van der Waals surface area contributed by atoms with E-state index in [0.29, 0.717) is 13.1 Å². The minimum Gasteiger partial charge on any atom is -0.481 e. The number of hydrogen-bond donors (Lipinski definition) is 2. The number of piperidine rings is 1. The molecule has 27 heavy (non-hydrogen) atoms. The Balaban J connectivity index is 0.00000364. The third-order valence-electron chi connectivity index (χ3n) is 4.37. The van der Waals surface area contributed by atoms with Gasteiger partial charge in [0.25, 0.3) is 5.91 Å². The Morgan fingerprint density at radius 2 is 2.07 bits per heavy atom. The van der Waals surface area contributed by atoms with Crippen LogP contribution >= 0.6 is 12.4 Å². The molecule has 2 amide bonds. The highest BCUT2D eigenvalue weighted by atomic mass is 35.5. The van der Waals surface area contributed by atoms with Gasteiger partial charge in [0.1, 0.15) is 5.75 Å². The summed E-state index contributed by atoms with van der Waals surface area (Å²) in [7, 11) is 0. The summed E-state index contributed by atoms with van der Waals surface area (Å²) < 4.78 is 31.8. The zero-order valence-electron chi connectivity index (χ0n) is 15.2. The highest BCUT2D eigenvalue weighted by Crippen LogP contribution is 2.21. The van der Waals surface area contributed by atoms with Crippen LogP contribution in [0.25, 0.3) is 0 Å². The van der Waals surface area contributed by atoms with Crippen LogP contribution < -0.4 is 15.8 Å². The van der Waals surface area contributed by atoms with E-state index < -0.39 is 17.7 Å². The van der Waals surface area contributed by atoms with Crippen molar-refractivity contribution in [1.82, 2.24) is 10.2 Å². The molecule has 1 aliphatic heterocycles. The summed E-state index contributed by atoms with van der Waals surface area (Å²) in [6.07, 6.45) is 2.03. The Morgan fingerprint density at radius 1 is 1.33 bits per heavy atom. The number of carbonyl (C=O) groups excluding carboxylic acids is 2. The number of ether oxygens (including phenoxy) is 1. The quantitative estimate of drug-likeness (QED) is 0.726. The average Bonchev–Trinajstić information content (AvgIpc) is 2.63. The van der Waals surface area contributed by atoms with E-state index in [1.54, 1.807) is 11.8 Å². The van der Waals surface area contributed by atoms with Crippen LogP contribution in [0.15, 0.2) is 18.2 Å². The number of carbonyl (C=O) groups is 2. The molecule has 6 nitrogen and oxygen atoms in total. The van der Waals surface area contributed by atoms with Gasteiger partial charge in [-0.25, -0.2) is 8.78 Å². The first kappa shape index (κ1) is 23.1. The van der Waals surface area contributed by atoms with Crippen LogP contribution in [0.5, 0.6) is 5.75 Å². The number of nitrogens with two attached hydrogens (primary N) is 1. The van der Waals surface area contributed by atoms with E-state index in [9.17, 15) is 18.4 Å². The van der Waals surface area contributed by atoms with E-state index in [2.05, 4.69) is 5.32 Å². The van der Waals surface area contributed by atoms with Crippen molar-refractivity contribution >= 4 is 24.2 Å². The van der Waals surface area contributed by atoms with Gasteiger partial charge in [0, 0.05) is 38.2 Å². The van der Waals surface area contributed by atoms with Crippen LogP contribution in [0.2, 0.25) is 0 Å². The predicted octanol–water partition coefficient (Wildman–Crippen LogP) is 2.00. The Bertz CT molecular complexity index is 648. The second-order valence-corrected chi connectivity index (χ2v) is 6.36. The molecule has 9 heteroatoms. The molecule has 1 aromatic carbocycles. The first-order valence-electron chi connectivity index (χ1n) is 8.81. The number of nitrogens with one attached hydrogen (secondary N) is 1. The maximum Gasteiger partial charge on any atom is 0.263 e. The van der Waals surface area contributed by atoms with Gasteiger partial charge in [-0.05, 0) is 38.3 Å². The van der Waals surface area contributed by atoms with E-state index in [0.717, 1.165) is 31.4 Å². The van der Waals surface area contributed by atoms with E-state index >= 15 is 0 Å². The number of likely N-dealkylation sites (tertiary alicyclic amines) is 1. The number of rotatable bonds is 7. The molecule has 0 bridgehead atoms. The molecule has 0 saturated carbocycles. The second kappa shape index (κ2) is 11.0. The zero-order valence-corrected chi connectivity index (χ0v) is 16.1. The fraction of sp³-hybridized carbons (Fsp3) is 0.556. The van der Waals surface area contributed by atoms with E-state index in [4.69, 9.17) is 10.5 Å². The highest BCUT2D eigenvalue weighted by molar-refractivity contribution is 5.85. The lowest BCUT2D eigenvalue weighted by molar-refractivity contribution is -0.142. The smallest absolute Gasteiger partial charge is 0.263 e. The van der Waals surface area contributed by atoms with Crippen molar-refractivity contribution in [1.29, 1.82) is 0 Å². The average molecular weight is 406 g/mol.